The predicted octanol–water partition coefficient (Wildman–Crippen LogP) is 14.5. The summed E-state index contributed by atoms with van der Waals surface area (Å²) in [6, 6.07) is 33.2. The maximum atomic E-state index is 6.68. The van der Waals surface area contributed by atoms with E-state index in [4.69, 9.17) is 47.9 Å². The topological polar surface area (TPSA) is 131 Å². The van der Waals surface area contributed by atoms with E-state index in [1.807, 2.05) is 60.7 Å². The lowest BCUT2D eigenvalue weighted by Crippen LogP contribution is -2.14. The number of rotatable bonds is 4. The normalized spacial score (nSPS) is 15.6. The van der Waals surface area contributed by atoms with Crippen molar-refractivity contribution in [2.75, 3.05) is 79.3 Å². The molecular formula is C66H74N4O8. The van der Waals surface area contributed by atoms with Crippen molar-refractivity contribution in [2.45, 2.75) is 81.1 Å². The highest BCUT2D eigenvalue weighted by atomic mass is 16.6. The molecule has 0 saturated carbocycles. The third kappa shape index (κ3) is 11.1. The molecule has 7 heterocycles. The summed E-state index contributed by atoms with van der Waals surface area (Å²) >= 11 is 0. The van der Waals surface area contributed by atoms with E-state index < -0.39 is 0 Å². The summed E-state index contributed by atoms with van der Waals surface area (Å²) in [6.45, 7) is 22.6. The first-order valence-electron chi connectivity index (χ1n) is 28.0. The Kier molecular flexibility index (Phi) is 17.4. The molecule has 4 aliphatic rings. The molecule has 0 spiro atoms. The lowest BCUT2D eigenvalue weighted by atomic mass is 9.94. The van der Waals surface area contributed by atoms with Gasteiger partial charge in [-0.25, -0.2) is 9.97 Å². The number of nitrogens with zero attached hydrogens (tertiary/aromatic N) is 2. The summed E-state index contributed by atoms with van der Waals surface area (Å²) < 4.78 is 49.8. The molecule has 3 aromatic heterocycles. The summed E-state index contributed by atoms with van der Waals surface area (Å²) in [4.78, 5) is 19.3. The number of allylic oxidation sites excluding steroid dienone is 4. The minimum absolute atomic E-state index is 0.352. The molecule has 2 N–H and O–H groups in total. The van der Waals surface area contributed by atoms with Crippen LogP contribution in [0, 0.1) is 13.8 Å². The molecule has 4 aromatic carbocycles. The zero-order valence-electron chi connectivity index (χ0n) is 46.7. The average Bonchev–Trinajstić information content (AvgIpc) is 4.17. The lowest BCUT2D eigenvalue weighted by molar-refractivity contribution is 0.0274. The van der Waals surface area contributed by atoms with E-state index in [0.29, 0.717) is 79.3 Å². The van der Waals surface area contributed by atoms with E-state index in [1.165, 1.54) is 33.4 Å². The smallest absolute Gasteiger partial charge is 0.127 e. The number of hydrogen-bond donors (Lipinski definition) is 2. The molecule has 14 bridgehead atoms. The zero-order valence-corrected chi connectivity index (χ0v) is 46.7. The Bertz CT molecular complexity index is 3320. The molecule has 0 fully saturated rings. The Morgan fingerprint density at radius 1 is 0.397 bits per heavy atom. The molecule has 12 heteroatoms. The molecule has 0 aliphatic carbocycles. The SMILES string of the molecule is CCC1=C(C)c2nc1cc1[nH]c(c(C)c1CC)c1c3nc(cc4[nH]c(c(C)c4CC)c2-c2ccccc2OCCOCCOCCOc2cccc4c(cccc24)OCCOCCOCCOc2ccccc2-1)C(CC)=C3C. The van der Waals surface area contributed by atoms with Crippen LogP contribution in [0.5, 0.6) is 23.0 Å². The number of fused-ring (bicyclic) bond motifs is 18. The van der Waals surface area contributed by atoms with Gasteiger partial charge >= 0.3 is 0 Å². The molecular weight excluding hydrogens is 977 g/mol. The van der Waals surface area contributed by atoms with E-state index in [1.54, 1.807) is 0 Å². The van der Waals surface area contributed by atoms with Gasteiger partial charge in [0.05, 0.1) is 86.7 Å². The summed E-state index contributed by atoms with van der Waals surface area (Å²) in [5.41, 5.74) is 21.2. The standard InChI is InChI=1S/C66H74N4O8/c1-9-45-41(5)63-61-51-19-13-15-23-59(51)77-37-33-73-29-27-71-31-35-75-57-25-17-22-50-49(57)21-18-26-58(50)76-36-32-72-28-30-74-34-38-78-60-24-16-14-20-52(60)62(65-42(6)46(10-2)54(68-65)39-53(45)67-63)66-44(8)48(12-4)56(70-66)40-55-47(11-3)43(7)64(61)69-55/h13-26,39-40,67,70H,9-12,27-38H2,1-8H3. The number of nitrogens with one attached hydrogen (secondary N) is 2. The number of ether oxygens (including phenoxy) is 8. The first kappa shape index (κ1) is 54.1. The number of H-pyrrole nitrogens is 2. The van der Waals surface area contributed by atoms with Crippen molar-refractivity contribution in [3.8, 4) is 45.3 Å². The van der Waals surface area contributed by atoms with Gasteiger partial charge in [-0.15, -0.1) is 0 Å². The van der Waals surface area contributed by atoms with Crippen LogP contribution in [0.3, 0.4) is 0 Å². The van der Waals surface area contributed by atoms with Crippen molar-refractivity contribution in [2.24, 2.45) is 0 Å². The molecule has 0 unspecified atom stereocenters. The fourth-order valence-electron chi connectivity index (χ4n) is 11.4. The summed E-state index contributed by atoms with van der Waals surface area (Å²) in [7, 11) is 0. The number of hydrogen-bond acceptors (Lipinski definition) is 10. The van der Waals surface area contributed by atoms with Gasteiger partial charge in [0.15, 0.2) is 0 Å². The van der Waals surface area contributed by atoms with E-state index in [9.17, 15) is 0 Å². The molecule has 0 atom stereocenters. The molecule has 4 aliphatic heterocycles. The lowest BCUT2D eigenvalue weighted by Gasteiger charge is -2.15. The number of para-hydroxylation sites is 2. The van der Waals surface area contributed by atoms with Gasteiger partial charge in [-0.1, -0.05) is 88.4 Å². The number of aryl methyl sites for hydroxylation is 4. The molecule has 406 valence electrons. The van der Waals surface area contributed by atoms with Crippen LogP contribution in [-0.2, 0) is 31.8 Å². The Morgan fingerprint density at radius 2 is 0.744 bits per heavy atom. The van der Waals surface area contributed by atoms with Gasteiger partial charge in [0.25, 0.3) is 0 Å². The van der Waals surface area contributed by atoms with Crippen molar-refractivity contribution in [1.82, 2.24) is 19.9 Å². The molecule has 0 radical (unpaired) electrons. The van der Waals surface area contributed by atoms with Crippen molar-refractivity contribution in [3.63, 3.8) is 0 Å². The first-order valence-corrected chi connectivity index (χ1v) is 28.0. The molecule has 0 amide bonds. The minimum atomic E-state index is 0.352. The summed E-state index contributed by atoms with van der Waals surface area (Å²) in [5.74, 6) is 3.06. The van der Waals surface area contributed by atoms with Crippen molar-refractivity contribution in [3.05, 3.63) is 142 Å². The Labute approximate surface area is 458 Å². The number of aromatic nitrogens is 4. The Hall–Kier alpha value is -7.22. The van der Waals surface area contributed by atoms with Gasteiger partial charge in [0, 0.05) is 44.1 Å². The second kappa shape index (κ2) is 25.1. The van der Waals surface area contributed by atoms with Crippen LogP contribution < -0.4 is 18.9 Å². The highest BCUT2D eigenvalue weighted by Gasteiger charge is 2.27. The Balaban J connectivity index is 1.10. The van der Waals surface area contributed by atoms with Crippen LogP contribution in [0.25, 0.3) is 77.4 Å². The maximum absolute atomic E-state index is 6.68. The van der Waals surface area contributed by atoms with E-state index in [-0.39, 0.29) is 0 Å². The van der Waals surface area contributed by atoms with Gasteiger partial charge in [-0.2, -0.15) is 0 Å². The fourth-order valence-corrected chi connectivity index (χ4v) is 11.4. The van der Waals surface area contributed by atoms with Gasteiger partial charge in [0.1, 0.15) is 49.4 Å². The number of benzene rings is 4. The van der Waals surface area contributed by atoms with Crippen LogP contribution in [-0.4, -0.2) is 99.2 Å². The first-order chi connectivity index (χ1) is 38.2. The van der Waals surface area contributed by atoms with Crippen LogP contribution in [0.1, 0.15) is 99.4 Å². The fraction of sp³-hybridized carbons (Fsp3) is 0.364. The predicted molar refractivity (Wildman–Crippen MR) is 315 cm³/mol. The minimum Gasteiger partial charge on any atom is -0.491 e. The number of aromatic amines is 2. The van der Waals surface area contributed by atoms with Gasteiger partial charge < -0.3 is 47.9 Å². The van der Waals surface area contributed by atoms with Crippen LogP contribution in [0.15, 0.2) is 97.1 Å². The molecule has 78 heavy (non-hydrogen) atoms. The van der Waals surface area contributed by atoms with Gasteiger partial charge in [0.2, 0.25) is 0 Å². The van der Waals surface area contributed by atoms with Crippen molar-refractivity contribution in [1.29, 1.82) is 0 Å². The third-order valence-electron chi connectivity index (χ3n) is 15.3. The summed E-state index contributed by atoms with van der Waals surface area (Å²) in [6.07, 6.45) is 3.24. The highest BCUT2D eigenvalue weighted by Crippen LogP contribution is 2.46. The van der Waals surface area contributed by atoms with Crippen LogP contribution in [0.4, 0.5) is 0 Å². The largest absolute Gasteiger partial charge is 0.491 e. The van der Waals surface area contributed by atoms with Gasteiger partial charge in [-0.3, -0.25) is 0 Å². The quantitative estimate of drug-likeness (QED) is 0.164. The van der Waals surface area contributed by atoms with Crippen molar-refractivity contribution >= 4 is 55.1 Å². The maximum Gasteiger partial charge on any atom is 0.127 e. The van der Waals surface area contributed by atoms with Crippen LogP contribution in [0.2, 0.25) is 0 Å². The molecule has 12 nitrogen and oxygen atoms in total. The van der Waals surface area contributed by atoms with E-state index in [0.717, 1.165) is 138 Å². The molecule has 11 rings (SSSR count). The highest BCUT2D eigenvalue weighted by molar-refractivity contribution is 6.04. The second-order valence-electron chi connectivity index (χ2n) is 19.8. The van der Waals surface area contributed by atoms with Crippen molar-refractivity contribution < 1.29 is 37.9 Å². The van der Waals surface area contributed by atoms with E-state index in [2.05, 4.69) is 102 Å². The average molecular weight is 1050 g/mol. The molecule has 7 aromatic rings. The Morgan fingerprint density at radius 3 is 1.12 bits per heavy atom. The third-order valence-corrected chi connectivity index (χ3v) is 15.3. The van der Waals surface area contributed by atoms with E-state index >= 15 is 0 Å². The zero-order chi connectivity index (χ0) is 54.1. The van der Waals surface area contributed by atoms with Gasteiger partial charge in [-0.05, 0) is 134 Å². The van der Waals surface area contributed by atoms with Crippen LogP contribution >= 0.6 is 0 Å². The molecule has 0 saturated heterocycles. The monoisotopic (exact) mass is 1050 g/mol. The second-order valence-corrected chi connectivity index (χ2v) is 19.8. The summed E-state index contributed by atoms with van der Waals surface area (Å²) in [5, 5.41) is 1.94.